The summed E-state index contributed by atoms with van der Waals surface area (Å²) in [7, 11) is 0. The van der Waals surface area contributed by atoms with Gasteiger partial charge in [-0.15, -0.1) is 0 Å². The normalized spacial score (nSPS) is 14.2. The van der Waals surface area contributed by atoms with Crippen molar-refractivity contribution in [3.8, 4) is 0 Å². The van der Waals surface area contributed by atoms with Crippen LogP contribution in [0.2, 0.25) is 5.02 Å². The Morgan fingerprint density at radius 2 is 1.73 bits per heavy atom. The minimum atomic E-state index is -0.417. The molecule has 0 amide bonds. The van der Waals surface area contributed by atoms with Crippen molar-refractivity contribution in [2.24, 2.45) is 5.92 Å². The lowest BCUT2D eigenvalue weighted by molar-refractivity contribution is -0.145. The molecule has 0 aliphatic heterocycles. The number of fused-ring (bicyclic) bond motifs is 1. The number of hydrogen-bond acceptors (Lipinski definition) is 3. The van der Waals surface area contributed by atoms with Gasteiger partial charge in [0.2, 0.25) is 0 Å². The number of aryl methyl sites for hydroxylation is 2. The highest BCUT2D eigenvalue weighted by molar-refractivity contribution is 6.30. The number of Topliss-reactive ketones (excluding diaryl/α,β-unsaturated/α-hetero) is 1. The molecule has 26 heavy (non-hydrogen) atoms. The summed E-state index contributed by atoms with van der Waals surface area (Å²) in [6.07, 6.45) is 3.23. The molecular weight excluding hydrogens is 348 g/mol. The van der Waals surface area contributed by atoms with E-state index >= 15 is 0 Å². The van der Waals surface area contributed by atoms with Gasteiger partial charge in [-0.3, -0.25) is 9.59 Å². The van der Waals surface area contributed by atoms with Gasteiger partial charge in [0, 0.05) is 10.6 Å². The summed E-state index contributed by atoms with van der Waals surface area (Å²) in [5.74, 6) is -0.901. The summed E-state index contributed by atoms with van der Waals surface area (Å²) in [5.41, 5.74) is 4.02. The van der Waals surface area contributed by atoms with Crippen molar-refractivity contribution in [3.05, 3.63) is 69.7 Å². The molecule has 0 bridgehead atoms. The third kappa shape index (κ3) is 4.16. The molecule has 1 atom stereocenters. The first-order chi connectivity index (χ1) is 12.5. The second-order valence-corrected chi connectivity index (χ2v) is 7.58. The Morgan fingerprint density at radius 1 is 1.04 bits per heavy atom. The van der Waals surface area contributed by atoms with E-state index in [0.717, 1.165) is 24.8 Å². The van der Waals surface area contributed by atoms with E-state index in [1.807, 2.05) is 44.2 Å². The summed E-state index contributed by atoms with van der Waals surface area (Å²) < 4.78 is 5.36. The van der Waals surface area contributed by atoms with Gasteiger partial charge in [-0.25, -0.2) is 0 Å². The first kappa shape index (κ1) is 18.7. The van der Waals surface area contributed by atoms with Crippen LogP contribution in [0.25, 0.3) is 0 Å². The number of ketones is 1. The number of rotatable bonds is 6. The number of halogens is 1. The Hall–Kier alpha value is -2.13. The maximum Gasteiger partial charge on any atom is 0.314 e. The molecule has 1 aliphatic carbocycles. The van der Waals surface area contributed by atoms with Gasteiger partial charge in [-0.2, -0.15) is 0 Å². The predicted molar refractivity (Wildman–Crippen MR) is 103 cm³/mol. The number of carbonyl (C=O) groups excluding carboxylic acids is 2. The molecule has 2 aromatic rings. The summed E-state index contributed by atoms with van der Waals surface area (Å²) in [6, 6.07) is 13.0. The minimum Gasteiger partial charge on any atom is -0.457 e. The standard InChI is InChI=1S/C22H23ClO3/c1-14(2)21(16-8-10-19(23)11-9-16)22(25)26-13-20(24)18-7-6-15-4-3-5-17(15)12-18/h6-12,14,21H,3-5,13H2,1-2H3/t21-/m1/s1. The Labute approximate surface area is 159 Å². The third-order valence-electron chi connectivity index (χ3n) is 4.92. The fourth-order valence-electron chi connectivity index (χ4n) is 3.52. The van der Waals surface area contributed by atoms with Crippen LogP contribution in [0, 0.1) is 5.92 Å². The van der Waals surface area contributed by atoms with Gasteiger partial charge in [0.05, 0.1) is 5.92 Å². The lowest BCUT2D eigenvalue weighted by atomic mass is 9.88. The van der Waals surface area contributed by atoms with E-state index in [0.29, 0.717) is 10.6 Å². The van der Waals surface area contributed by atoms with Gasteiger partial charge < -0.3 is 4.74 Å². The highest BCUT2D eigenvalue weighted by Gasteiger charge is 2.26. The highest BCUT2D eigenvalue weighted by atomic mass is 35.5. The molecule has 3 nitrogen and oxygen atoms in total. The average molecular weight is 371 g/mol. The molecule has 2 aromatic carbocycles. The van der Waals surface area contributed by atoms with E-state index < -0.39 is 5.92 Å². The molecule has 3 rings (SSSR count). The van der Waals surface area contributed by atoms with Crippen molar-refractivity contribution >= 4 is 23.4 Å². The van der Waals surface area contributed by atoms with Gasteiger partial charge in [-0.1, -0.05) is 49.7 Å². The van der Waals surface area contributed by atoms with Crippen LogP contribution in [0.5, 0.6) is 0 Å². The molecule has 0 fully saturated rings. The van der Waals surface area contributed by atoms with Crippen LogP contribution >= 0.6 is 11.6 Å². The molecule has 4 heteroatoms. The minimum absolute atomic E-state index is 0.0544. The predicted octanol–water partition coefficient (Wildman–Crippen LogP) is 4.99. The van der Waals surface area contributed by atoms with Crippen LogP contribution in [0.1, 0.15) is 53.2 Å². The third-order valence-corrected chi connectivity index (χ3v) is 5.17. The summed E-state index contributed by atoms with van der Waals surface area (Å²) in [4.78, 5) is 25.0. The lowest BCUT2D eigenvalue weighted by Crippen LogP contribution is -2.23. The lowest BCUT2D eigenvalue weighted by Gasteiger charge is -2.19. The molecule has 0 unspecified atom stereocenters. The smallest absolute Gasteiger partial charge is 0.314 e. The first-order valence-corrected chi connectivity index (χ1v) is 9.40. The summed E-state index contributed by atoms with van der Waals surface area (Å²) in [6.45, 7) is 3.69. The molecule has 0 heterocycles. The van der Waals surface area contributed by atoms with Crippen LogP contribution in [-0.2, 0) is 22.4 Å². The van der Waals surface area contributed by atoms with E-state index in [2.05, 4.69) is 0 Å². The molecule has 0 N–H and O–H groups in total. The Morgan fingerprint density at radius 3 is 2.42 bits per heavy atom. The Balaban J connectivity index is 1.66. The van der Waals surface area contributed by atoms with Gasteiger partial charge in [0.25, 0.3) is 0 Å². The number of hydrogen-bond donors (Lipinski definition) is 0. The van der Waals surface area contributed by atoms with E-state index in [1.54, 1.807) is 12.1 Å². The van der Waals surface area contributed by atoms with Crippen molar-refractivity contribution in [1.82, 2.24) is 0 Å². The quantitative estimate of drug-likeness (QED) is 0.531. The zero-order valence-electron chi connectivity index (χ0n) is 15.1. The molecule has 136 valence electrons. The fraction of sp³-hybridized carbons (Fsp3) is 0.364. The SMILES string of the molecule is CC(C)[C@@H](C(=O)OCC(=O)c1ccc2c(c1)CCC2)c1ccc(Cl)cc1. The summed E-state index contributed by atoms with van der Waals surface area (Å²) in [5, 5.41) is 0.622. The van der Waals surface area contributed by atoms with Crippen molar-refractivity contribution in [2.45, 2.75) is 39.0 Å². The first-order valence-electron chi connectivity index (χ1n) is 9.03. The van der Waals surface area contributed by atoms with Crippen LogP contribution in [0.15, 0.2) is 42.5 Å². The van der Waals surface area contributed by atoms with Crippen LogP contribution in [0.4, 0.5) is 0 Å². The molecular formula is C22H23ClO3. The van der Waals surface area contributed by atoms with Crippen molar-refractivity contribution in [3.63, 3.8) is 0 Å². The van der Waals surface area contributed by atoms with Crippen molar-refractivity contribution in [1.29, 1.82) is 0 Å². The maximum atomic E-state index is 12.6. The van der Waals surface area contributed by atoms with E-state index in [9.17, 15) is 9.59 Å². The number of carbonyl (C=O) groups is 2. The fourth-order valence-corrected chi connectivity index (χ4v) is 3.64. The topological polar surface area (TPSA) is 43.4 Å². The molecule has 0 saturated heterocycles. The highest BCUT2D eigenvalue weighted by Crippen LogP contribution is 2.27. The number of esters is 1. The molecule has 0 aromatic heterocycles. The van der Waals surface area contributed by atoms with Crippen molar-refractivity contribution < 1.29 is 14.3 Å². The van der Waals surface area contributed by atoms with Crippen LogP contribution < -0.4 is 0 Å². The number of benzene rings is 2. The van der Waals surface area contributed by atoms with Crippen molar-refractivity contribution in [2.75, 3.05) is 6.61 Å². The van der Waals surface area contributed by atoms with Gasteiger partial charge in [0.1, 0.15) is 0 Å². The largest absolute Gasteiger partial charge is 0.457 e. The molecule has 0 radical (unpaired) electrons. The Bertz CT molecular complexity index is 809. The second-order valence-electron chi connectivity index (χ2n) is 7.14. The van der Waals surface area contributed by atoms with Gasteiger partial charge in [0.15, 0.2) is 12.4 Å². The molecule has 1 aliphatic rings. The van der Waals surface area contributed by atoms with E-state index in [4.69, 9.17) is 16.3 Å². The zero-order valence-corrected chi connectivity index (χ0v) is 15.9. The van der Waals surface area contributed by atoms with Crippen LogP contribution in [-0.4, -0.2) is 18.4 Å². The molecule has 0 spiro atoms. The van der Waals surface area contributed by atoms with Gasteiger partial charge in [-0.05, 0) is 60.1 Å². The zero-order chi connectivity index (χ0) is 18.7. The van der Waals surface area contributed by atoms with E-state index in [-0.39, 0.29) is 24.3 Å². The summed E-state index contributed by atoms with van der Waals surface area (Å²) >= 11 is 5.93. The monoisotopic (exact) mass is 370 g/mol. The van der Waals surface area contributed by atoms with Crippen LogP contribution in [0.3, 0.4) is 0 Å². The van der Waals surface area contributed by atoms with E-state index in [1.165, 1.54) is 11.1 Å². The maximum absolute atomic E-state index is 12.6. The number of ether oxygens (including phenoxy) is 1. The molecule has 0 saturated carbocycles. The second kappa shape index (κ2) is 8.05. The van der Waals surface area contributed by atoms with Gasteiger partial charge >= 0.3 is 5.97 Å². The Kier molecular flexibility index (Phi) is 5.77. The average Bonchev–Trinajstić information content (AvgIpc) is 3.09.